The summed E-state index contributed by atoms with van der Waals surface area (Å²) in [5.74, 6) is -0.335. The molecule has 10 nitrogen and oxygen atoms in total. The molecular weight excluding hydrogens is 450 g/mol. The molecule has 0 aliphatic carbocycles. The lowest BCUT2D eigenvalue weighted by atomic mass is 10.0. The molecular formula is C25H25N5O5. The van der Waals surface area contributed by atoms with Crippen LogP contribution in [0.1, 0.15) is 59.5 Å². The third-order valence-corrected chi connectivity index (χ3v) is 6.40. The number of hydrogen-bond donors (Lipinski definition) is 2. The summed E-state index contributed by atoms with van der Waals surface area (Å²) in [6, 6.07) is 11.9. The van der Waals surface area contributed by atoms with Gasteiger partial charge in [-0.15, -0.1) is 5.10 Å². The Labute approximate surface area is 201 Å². The van der Waals surface area contributed by atoms with Crippen LogP contribution in [0, 0.1) is 0 Å². The van der Waals surface area contributed by atoms with Gasteiger partial charge in [0.2, 0.25) is 11.8 Å². The lowest BCUT2D eigenvalue weighted by Crippen LogP contribution is -2.52. The number of rotatable bonds is 7. The number of carbonyl (C=O) groups excluding carboxylic acids is 3. The van der Waals surface area contributed by atoms with Gasteiger partial charge in [-0.05, 0) is 42.7 Å². The smallest absolute Gasteiger partial charge is 0.255 e. The number of aliphatic hydroxyl groups excluding tert-OH is 1. The summed E-state index contributed by atoms with van der Waals surface area (Å²) in [6.45, 7) is 2.20. The molecule has 0 radical (unpaired) electrons. The minimum absolute atomic E-state index is 0.0311. The first-order valence-corrected chi connectivity index (χ1v) is 11.5. The molecule has 2 atom stereocenters. The van der Waals surface area contributed by atoms with Crippen molar-refractivity contribution in [2.24, 2.45) is 0 Å². The molecule has 1 saturated heterocycles. The molecule has 0 bridgehead atoms. The van der Waals surface area contributed by atoms with Crippen LogP contribution in [0.15, 0.2) is 48.7 Å². The molecule has 3 amide bonds. The van der Waals surface area contributed by atoms with Gasteiger partial charge in [0, 0.05) is 24.1 Å². The molecule has 1 fully saturated rings. The largest absolute Gasteiger partial charge is 0.484 e. The van der Waals surface area contributed by atoms with Crippen molar-refractivity contribution in [2.75, 3.05) is 0 Å². The predicted octanol–water partition coefficient (Wildman–Crippen LogP) is 2.05. The van der Waals surface area contributed by atoms with Crippen LogP contribution in [-0.2, 0) is 22.7 Å². The van der Waals surface area contributed by atoms with Crippen molar-refractivity contribution >= 4 is 17.7 Å². The number of fused-ring (bicyclic) bond motifs is 1. The lowest BCUT2D eigenvalue weighted by molar-refractivity contribution is -0.136. The molecule has 1 aromatic heterocycles. The average molecular weight is 476 g/mol. The molecule has 180 valence electrons. The molecule has 5 rings (SSSR count). The van der Waals surface area contributed by atoms with E-state index < -0.39 is 11.9 Å². The number of hydrogen-bond acceptors (Lipinski definition) is 7. The van der Waals surface area contributed by atoms with E-state index in [0.717, 1.165) is 11.1 Å². The van der Waals surface area contributed by atoms with E-state index in [-0.39, 0.29) is 37.5 Å². The molecule has 2 aliphatic heterocycles. The fourth-order valence-electron chi connectivity index (χ4n) is 4.52. The third kappa shape index (κ3) is 4.28. The van der Waals surface area contributed by atoms with Gasteiger partial charge in [-0.25, -0.2) is 4.68 Å². The summed E-state index contributed by atoms with van der Waals surface area (Å²) < 4.78 is 7.71. The summed E-state index contributed by atoms with van der Waals surface area (Å²) >= 11 is 0. The highest BCUT2D eigenvalue weighted by Crippen LogP contribution is 2.32. The summed E-state index contributed by atoms with van der Waals surface area (Å²) in [5, 5.41) is 20.2. The second-order valence-corrected chi connectivity index (χ2v) is 8.61. The zero-order valence-corrected chi connectivity index (χ0v) is 19.2. The first kappa shape index (κ1) is 22.7. The van der Waals surface area contributed by atoms with E-state index >= 15 is 0 Å². The number of nitrogens with one attached hydrogen (secondary N) is 1. The zero-order chi connectivity index (χ0) is 24.5. The Hall–Kier alpha value is -4.05. The van der Waals surface area contributed by atoms with Crippen LogP contribution >= 0.6 is 0 Å². The molecule has 10 heteroatoms. The molecule has 2 aromatic carbocycles. The maximum atomic E-state index is 13.1. The molecule has 2 N–H and O–H groups in total. The van der Waals surface area contributed by atoms with Crippen molar-refractivity contribution in [3.8, 4) is 11.4 Å². The number of carbonyl (C=O) groups is 3. The number of amides is 3. The van der Waals surface area contributed by atoms with E-state index in [2.05, 4.69) is 15.6 Å². The third-order valence-electron chi connectivity index (χ3n) is 6.40. The number of nitrogens with zero attached hydrogens (tertiary/aromatic N) is 4. The number of aliphatic hydroxyl groups is 1. The Morgan fingerprint density at radius 1 is 1.17 bits per heavy atom. The van der Waals surface area contributed by atoms with Gasteiger partial charge in [-0.1, -0.05) is 30.3 Å². The summed E-state index contributed by atoms with van der Waals surface area (Å²) in [7, 11) is 0. The minimum Gasteiger partial charge on any atom is -0.484 e. The fourth-order valence-corrected chi connectivity index (χ4v) is 4.52. The van der Waals surface area contributed by atoms with E-state index in [4.69, 9.17) is 4.74 Å². The topological polar surface area (TPSA) is 127 Å². The van der Waals surface area contributed by atoms with Crippen LogP contribution < -0.4 is 10.1 Å². The van der Waals surface area contributed by atoms with Crippen LogP contribution in [-0.4, -0.2) is 48.8 Å². The quantitative estimate of drug-likeness (QED) is 0.501. The highest BCUT2D eigenvalue weighted by molar-refractivity contribution is 6.05. The second kappa shape index (κ2) is 9.30. The van der Waals surface area contributed by atoms with E-state index in [1.54, 1.807) is 47.3 Å². The molecule has 3 aromatic rings. The van der Waals surface area contributed by atoms with Crippen molar-refractivity contribution < 1.29 is 24.2 Å². The van der Waals surface area contributed by atoms with Crippen LogP contribution in [0.4, 0.5) is 0 Å². The monoisotopic (exact) mass is 475 g/mol. The summed E-state index contributed by atoms with van der Waals surface area (Å²) in [5.41, 5.74) is 3.41. The summed E-state index contributed by atoms with van der Waals surface area (Å²) in [6.07, 6.45) is 2.63. The number of piperidine rings is 1. The SMILES string of the molecule is CCC(Oc1ccc(CO)cc1)c1cn(-c2cccc3c2CN(C2CCC(=O)NC2=O)C3=O)nn1. The molecule has 35 heavy (non-hydrogen) atoms. The van der Waals surface area contributed by atoms with Gasteiger partial charge in [0.05, 0.1) is 18.5 Å². The van der Waals surface area contributed by atoms with Gasteiger partial charge in [0.25, 0.3) is 5.91 Å². The fraction of sp³-hybridized carbons (Fsp3) is 0.320. The van der Waals surface area contributed by atoms with E-state index in [1.807, 2.05) is 13.0 Å². The van der Waals surface area contributed by atoms with Crippen molar-refractivity contribution in [1.82, 2.24) is 25.2 Å². The molecule has 0 saturated carbocycles. The Kier molecular flexibility index (Phi) is 6.04. The van der Waals surface area contributed by atoms with Gasteiger partial charge in [-0.2, -0.15) is 0 Å². The van der Waals surface area contributed by atoms with Gasteiger partial charge < -0.3 is 14.7 Å². The van der Waals surface area contributed by atoms with E-state index in [9.17, 15) is 19.5 Å². The number of benzene rings is 2. The van der Waals surface area contributed by atoms with Crippen LogP contribution in [0.25, 0.3) is 5.69 Å². The first-order valence-electron chi connectivity index (χ1n) is 11.5. The average Bonchev–Trinajstić information content (AvgIpc) is 3.48. The van der Waals surface area contributed by atoms with Gasteiger partial charge in [0.1, 0.15) is 23.6 Å². The number of ether oxygens (including phenoxy) is 1. The number of imide groups is 1. The van der Waals surface area contributed by atoms with Crippen LogP contribution in [0.5, 0.6) is 5.75 Å². The molecule has 2 unspecified atom stereocenters. The highest BCUT2D eigenvalue weighted by Gasteiger charge is 2.40. The first-order chi connectivity index (χ1) is 17.0. The van der Waals surface area contributed by atoms with Crippen LogP contribution in [0.2, 0.25) is 0 Å². The molecule has 0 spiro atoms. The minimum atomic E-state index is -0.679. The van der Waals surface area contributed by atoms with Gasteiger partial charge >= 0.3 is 0 Å². The Bertz CT molecular complexity index is 1290. The normalized spacial score (nSPS) is 18.4. The Morgan fingerprint density at radius 2 is 1.97 bits per heavy atom. The maximum absolute atomic E-state index is 13.1. The van der Waals surface area contributed by atoms with E-state index in [0.29, 0.717) is 35.5 Å². The van der Waals surface area contributed by atoms with Gasteiger partial charge in [0.15, 0.2) is 0 Å². The highest BCUT2D eigenvalue weighted by atomic mass is 16.5. The van der Waals surface area contributed by atoms with Crippen molar-refractivity contribution in [3.63, 3.8) is 0 Å². The molecule has 2 aliphatic rings. The Balaban J connectivity index is 1.38. The van der Waals surface area contributed by atoms with Gasteiger partial charge in [-0.3, -0.25) is 19.7 Å². The van der Waals surface area contributed by atoms with Crippen molar-refractivity contribution in [2.45, 2.75) is 51.5 Å². The van der Waals surface area contributed by atoms with Crippen molar-refractivity contribution in [1.29, 1.82) is 0 Å². The summed E-state index contributed by atoms with van der Waals surface area (Å²) in [4.78, 5) is 38.5. The Morgan fingerprint density at radius 3 is 2.69 bits per heavy atom. The predicted molar refractivity (Wildman–Crippen MR) is 123 cm³/mol. The lowest BCUT2D eigenvalue weighted by Gasteiger charge is -2.29. The van der Waals surface area contributed by atoms with Crippen molar-refractivity contribution in [3.05, 3.63) is 71.0 Å². The zero-order valence-electron chi connectivity index (χ0n) is 19.2. The second-order valence-electron chi connectivity index (χ2n) is 8.61. The molecule has 3 heterocycles. The van der Waals surface area contributed by atoms with Crippen LogP contribution in [0.3, 0.4) is 0 Å². The number of aromatic nitrogens is 3. The van der Waals surface area contributed by atoms with E-state index in [1.165, 1.54) is 4.90 Å². The maximum Gasteiger partial charge on any atom is 0.255 e. The standard InChI is InChI=1S/C25H25N5O5/c1-2-22(35-16-8-6-15(14-31)7-9-16)19-13-30(28-27-19)20-5-3-4-17-18(20)12-29(25(17)34)21-10-11-23(32)26-24(21)33/h3-9,13,21-22,31H,2,10-12,14H2,1H3,(H,26,32,33).